The third kappa shape index (κ3) is 6.62. The first-order valence-corrected chi connectivity index (χ1v) is 13.7. The first-order chi connectivity index (χ1) is 18.5. The normalized spacial score (nSPS) is 17.2. The van der Waals surface area contributed by atoms with Crippen molar-refractivity contribution in [2.45, 2.75) is 38.0 Å². The molecule has 6 heteroatoms. The molecule has 0 unspecified atom stereocenters. The first kappa shape index (κ1) is 26.0. The highest BCUT2D eigenvalue weighted by atomic mass is 16.5. The molecule has 0 radical (unpaired) electrons. The lowest BCUT2D eigenvalue weighted by Gasteiger charge is -2.34. The second-order valence-electron chi connectivity index (χ2n) is 10.6. The number of carbonyl (C=O) groups excluding carboxylic acids is 2. The highest BCUT2D eigenvalue weighted by molar-refractivity contribution is 6.06. The summed E-state index contributed by atoms with van der Waals surface area (Å²) in [7, 11) is 2.16. The molecule has 2 aliphatic rings. The lowest BCUT2D eigenvalue weighted by Crippen LogP contribution is -2.40. The van der Waals surface area contributed by atoms with E-state index in [0.717, 1.165) is 57.5 Å². The summed E-state index contributed by atoms with van der Waals surface area (Å²) in [6, 6.07) is 24.8. The van der Waals surface area contributed by atoms with Crippen molar-refractivity contribution in [2.75, 3.05) is 38.5 Å². The predicted octanol–water partition coefficient (Wildman–Crippen LogP) is 6.17. The molecule has 2 saturated heterocycles. The number of rotatable bonds is 7. The van der Waals surface area contributed by atoms with Crippen LogP contribution in [0.2, 0.25) is 0 Å². The van der Waals surface area contributed by atoms with Gasteiger partial charge in [-0.05, 0) is 99.6 Å². The standard InChI is InChI=1S/C32H37N3O3/c1-34-19-15-24(16-20-34)23-31(36)35-21-17-26(18-22-35)25-11-13-27(14-12-25)33-32(37)29-9-5-6-10-30(29)38-28-7-3-2-4-8-28/h2-14,24,26H,15-23H2,1H3,(H,33,37). The minimum absolute atomic E-state index is 0.208. The predicted molar refractivity (Wildman–Crippen MR) is 151 cm³/mol. The van der Waals surface area contributed by atoms with Gasteiger partial charge in [0.1, 0.15) is 11.5 Å². The number of hydrogen-bond acceptors (Lipinski definition) is 4. The van der Waals surface area contributed by atoms with E-state index < -0.39 is 0 Å². The van der Waals surface area contributed by atoms with E-state index in [1.807, 2.05) is 54.6 Å². The molecule has 0 aliphatic carbocycles. The summed E-state index contributed by atoms with van der Waals surface area (Å²) in [5.41, 5.74) is 2.50. The first-order valence-electron chi connectivity index (χ1n) is 13.7. The van der Waals surface area contributed by atoms with Gasteiger partial charge in [0.2, 0.25) is 5.91 Å². The summed E-state index contributed by atoms with van der Waals surface area (Å²) in [6.07, 6.45) is 4.93. The molecule has 0 atom stereocenters. The molecule has 0 bridgehead atoms. The molecular formula is C32H37N3O3. The van der Waals surface area contributed by atoms with Crippen molar-refractivity contribution in [2.24, 2.45) is 5.92 Å². The summed E-state index contributed by atoms with van der Waals surface area (Å²) in [6.45, 7) is 3.86. The molecule has 5 rings (SSSR count). The number of ether oxygens (including phenoxy) is 1. The maximum Gasteiger partial charge on any atom is 0.259 e. The molecule has 3 aromatic carbocycles. The zero-order valence-electron chi connectivity index (χ0n) is 22.1. The summed E-state index contributed by atoms with van der Waals surface area (Å²) in [5, 5.41) is 3.00. The van der Waals surface area contributed by atoms with E-state index in [1.54, 1.807) is 12.1 Å². The second-order valence-corrected chi connectivity index (χ2v) is 10.6. The Bertz CT molecular complexity index is 1210. The Balaban J connectivity index is 1.13. The fraction of sp³-hybridized carbons (Fsp3) is 0.375. The van der Waals surface area contributed by atoms with E-state index in [9.17, 15) is 9.59 Å². The molecular weight excluding hydrogens is 474 g/mol. The molecule has 2 aliphatic heterocycles. The number of hydrogen-bond donors (Lipinski definition) is 1. The molecule has 0 spiro atoms. The molecule has 0 saturated carbocycles. The molecule has 38 heavy (non-hydrogen) atoms. The van der Waals surface area contributed by atoms with Crippen LogP contribution in [0.3, 0.4) is 0 Å². The van der Waals surface area contributed by atoms with Gasteiger partial charge in [0.05, 0.1) is 5.56 Å². The number of piperidine rings is 2. The smallest absolute Gasteiger partial charge is 0.259 e. The molecule has 3 aromatic rings. The van der Waals surface area contributed by atoms with Gasteiger partial charge in [-0.2, -0.15) is 0 Å². The van der Waals surface area contributed by atoms with Gasteiger partial charge in [0.15, 0.2) is 0 Å². The summed E-state index contributed by atoms with van der Waals surface area (Å²) >= 11 is 0. The topological polar surface area (TPSA) is 61.9 Å². The van der Waals surface area contributed by atoms with Gasteiger partial charge in [0.25, 0.3) is 5.91 Å². The fourth-order valence-electron chi connectivity index (χ4n) is 5.50. The van der Waals surface area contributed by atoms with Crippen LogP contribution in [0.25, 0.3) is 0 Å². The van der Waals surface area contributed by atoms with Crippen molar-refractivity contribution in [3.8, 4) is 11.5 Å². The largest absolute Gasteiger partial charge is 0.457 e. The third-order valence-electron chi connectivity index (χ3n) is 7.89. The van der Waals surface area contributed by atoms with Crippen molar-refractivity contribution in [1.82, 2.24) is 9.80 Å². The number of likely N-dealkylation sites (tertiary alicyclic amines) is 2. The zero-order valence-corrected chi connectivity index (χ0v) is 22.1. The van der Waals surface area contributed by atoms with Crippen LogP contribution >= 0.6 is 0 Å². The molecule has 6 nitrogen and oxygen atoms in total. The van der Waals surface area contributed by atoms with Crippen LogP contribution in [0.5, 0.6) is 11.5 Å². The van der Waals surface area contributed by atoms with Gasteiger partial charge in [-0.3, -0.25) is 9.59 Å². The number of nitrogens with one attached hydrogen (secondary N) is 1. The lowest BCUT2D eigenvalue weighted by atomic mass is 9.88. The molecule has 2 amide bonds. The third-order valence-corrected chi connectivity index (χ3v) is 7.89. The number of anilines is 1. The van der Waals surface area contributed by atoms with E-state index >= 15 is 0 Å². The minimum Gasteiger partial charge on any atom is -0.457 e. The Labute approximate surface area is 225 Å². The van der Waals surface area contributed by atoms with Gasteiger partial charge in [0, 0.05) is 25.2 Å². The van der Waals surface area contributed by atoms with Crippen molar-refractivity contribution in [3.05, 3.63) is 90.0 Å². The number of para-hydroxylation sites is 2. The van der Waals surface area contributed by atoms with Gasteiger partial charge < -0.3 is 19.9 Å². The second kappa shape index (κ2) is 12.3. The van der Waals surface area contributed by atoms with Crippen LogP contribution in [0, 0.1) is 5.92 Å². The Morgan fingerprint density at radius 1 is 0.816 bits per heavy atom. The molecule has 198 valence electrons. The highest BCUT2D eigenvalue weighted by Gasteiger charge is 2.27. The molecule has 0 aromatic heterocycles. The van der Waals surface area contributed by atoms with Gasteiger partial charge in [-0.15, -0.1) is 0 Å². The van der Waals surface area contributed by atoms with Crippen molar-refractivity contribution < 1.29 is 14.3 Å². The van der Waals surface area contributed by atoms with Crippen molar-refractivity contribution in [1.29, 1.82) is 0 Å². The number of amides is 2. The van der Waals surface area contributed by atoms with Crippen LogP contribution in [0.1, 0.15) is 53.9 Å². The number of benzene rings is 3. The van der Waals surface area contributed by atoms with Crippen molar-refractivity contribution in [3.63, 3.8) is 0 Å². The Morgan fingerprint density at radius 3 is 2.18 bits per heavy atom. The van der Waals surface area contributed by atoms with Crippen LogP contribution in [-0.4, -0.2) is 54.8 Å². The van der Waals surface area contributed by atoms with E-state index in [2.05, 4.69) is 34.3 Å². The molecule has 2 heterocycles. The van der Waals surface area contributed by atoms with Crippen LogP contribution in [-0.2, 0) is 4.79 Å². The van der Waals surface area contributed by atoms with Crippen LogP contribution in [0.15, 0.2) is 78.9 Å². The number of carbonyl (C=O) groups is 2. The van der Waals surface area contributed by atoms with E-state index in [4.69, 9.17) is 4.74 Å². The molecule has 1 N–H and O–H groups in total. The lowest BCUT2D eigenvalue weighted by molar-refractivity contribution is -0.133. The maximum atomic E-state index is 13.0. The van der Waals surface area contributed by atoms with Gasteiger partial charge in [-0.1, -0.05) is 42.5 Å². The number of nitrogens with zero attached hydrogens (tertiary/aromatic N) is 2. The van der Waals surface area contributed by atoms with Crippen LogP contribution < -0.4 is 10.1 Å². The monoisotopic (exact) mass is 511 g/mol. The SMILES string of the molecule is CN1CCC(CC(=O)N2CCC(c3ccc(NC(=O)c4ccccc4Oc4ccccc4)cc3)CC2)CC1. The summed E-state index contributed by atoms with van der Waals surface area (Å²) < 4.78 is 5.95. The van der Waals surface area contributed by atoms with Gasteiger partial charge >= 0.3 is 0 Å². The van der Waals surface area contributed by atoms with Crippen molar-refractivity contribution >= 4 is 17.5 Å². The molecule has 2 fully saturated rings. The van der Waals surface area contributed by atoms with E-state index in [1.165, 1.54) is 5.56 Å². The Kier molecular flexibility index (Phi) is 8.39. The quantitative estimate of drug-likeness (QED) is 0.412. The zero-order chi connectivity index (χ0) is 26.3. The van der Waals surface area contributed by atoms with Crippen LogP contribution in [0.4, 0.5) is 5.69 Å². The minimum atomic E-state index is -0.208. The average Bonchev–Trinajstić information content (AvgIpc) is 2.95. The summed E-state index contributed by atoms with van der Waals surface area (Å²) in [4.78, 5) is 30.3. The van der Waals surface area contributed by atoms with E-state index in [-0.39, 0.29) is 5.91 Å². The fourth-order valence-corrected chi connectivity index (χ4v) is 5.50. The van der Waals surface area contributed by atoms with E-state index in [0.29, 0.717) is 41.2 Å². The Hall–Kier alpha value is -3.64. The Morgan fingerprint density at radius 2 is 1.47 bits per heavy atom. The summed E-state index contributed by atoms with van der Waals surface area (Å²) in [5.74, 6) is 2.30. The maximum absolute atomic E-state index is 13.0. The average molecular weight is 512 g/mol. The van der Waals surface area contributed by atoms with Gasteiger partial charge in [-0.25, -0.2) is 0 Å². The highest BCUT2D eigenvalue weighted by Crippen LogP contribution is 2.31.